The van der Waals surface area contributed by atoms with Crippen LogP contribution in [0.2, 0.25) is 0 Å². The lowest BCUT2D eigenvalue weighted by Crippen LogP contribution is -2.55. The summed E-state index contributed by atoms with van der Waals surface area (Å²) in [5, 5.41) is 14.8. The van der Waals surface area contributed by atoms with Crippen molar-refractivity contribution >= 4 is 23.0 Å². The van der Waals surface area contributed by atoms with Crippen molar-refractivity contribution in [3.05, 3.63) is 89.7 Å². The van der Waals surface area contributed by atoms with E-state index in [-0.39, 0.29) is 11.9 Å². The Balaban J connectivity index is 1.43. The smallest absolute Gasteiger partial charge is 0.242 e. The molecule has 1 aliphatic rings. The van der Waals surface area contributed by atoms with Crippen LogP contribution in [0.15, 0.2) is 73.1 Å². The van der Waals surface area contributed by atoms with E-state index in [9.17, 15) is 4.79 Å². The van der Waals surface area contributed by atoms with Gasteiger partial charge in [0.05, 0.1) is 11.8 Å². The molecule has 158 valence electrons. The molecule has 31 heavy (non-hydrogen) atoms. The van der Waals surface area contributed by atoms with Gasteiger partial charge < -0.3 is 16.4 Å². The fraction of sp³-hybridized carbons (Fsp3) is 0.208. The molecule has 1 aliphatic heterocycles. The van der Waals surface area contributed by atoms with Gasteiger partial charge in [0, 0.05) is 61.1 Å². The lowest BCUT2D eigenvalue weighted by molar-refractivity contribution is -0.119. The molecule has 1 amide bonds. The number of nitrogen functional groups attached to an aromatic ring is 1. The fourth-order valence-corrected chi connectivity index (χ4v) is 3.73. The molecule has 0 bridgehead atoms. The van der Waals surface area contributed by atoms with Crippen molar-refractivity contribution in [2.24, 2.45) is 0 Å². The second kappa shape index (κ2) is 9.51. The number of anilines is 2. The normalized spacial score (nSPS) is 16.6. The minimum absolute atomic E-state index is 0.0936. The first-order valence-corrected chi connectivity index (χ1v) is 10.3. The van der Waals surface area contributed by atoms with Crippen molar-refractivity contribution in [1.82, 2.24) is 15.2 Å². The Bertz CT molecular complexity index is 1050. The molecule has 4 rings (SSSR count). The van der Waals surface area contributed by atoms with Crippen LogP contribution in [0.1, 0.15) is 16.7 Å². The van der Waals surface area contributed by atoms with Gasteiger partial charge >= 0.3 is 0 Å². The van der Waals surface area contributed by atoms with Crippen molar-refractivity contribution in [3.8, 4) is 0 Å². The molecule has 0 unspecified atom stereocenters. The van der Waals surface area contributed by atoms with Gasteiger partial charge in [0.15, 0.2) is 0 Å². The second-order valence-electron chi connectivity index (χ2n) is 7.63. The van der Waals surface area contributed by atoms with Crippen LogP contribution in [0, 0.1) is 5.41 Å². The number of piperazine rings is 1. The van der Waals surface area contributed by atoms with E-state index in [2.05, 4.69) is 32.7 Å². The number of benzene rings is 2. The van der Waals surface area contributed by atoms with Crippen LogP contribution >= 0.6 is 0 Å². The zero-order chi connectivity index (χ0) is 21.6. The number of aromatic nitrogens is 1. The van der Waals surface area contributed by atoms with Gasteiger partial charge in [-0.15, -0.1) is 0 Å². The standard InChI is InChI=1S/C24H26N6O/c25-21-7-6-19(14-20(21)23(26)18-8-10-27-11-9-18)29-24(31)22-16-30(13-12-28-22)15-17-4-2-1-3-5-17/h1-11,14,22,26,28H,12-13,15-16,25H2,(H,29,31)/t22-/m1/s1. The highest BCUT2D eigenvalue weighted by Crippen LogP contribution is 2.21. The van der Waals surface area contributed by atoms with Gasteiger partial charge in [0.25, 0.3) is 0 Å². The Morgan fingerprint density at radius 3 is 2.71 bits per heavy atom. The van der Waals surface area contributed by atoms with Crippen LogP contribution in [0.5, 0.6) is 0 Å². The number of pyridine rings is 1. The van der Waals surface area contributed by atoms with E-state index >= 15 is 0 Å². The van der Waals surface area contributed by atoms with Gasteiger partial charge in [0.1, 0.15) is 0 Å². The van der Waals surface area contributed by atoms with E-state index in [1.165, 1.54) is 5.56 Å². The predicted octanol–water partition coefficient (Wildman–Crippen LogP) is 2.49. The van der Waals surface area contributed by atoms with Crippen LogP contribution in [0.4, 0.5) is 11.4 Å². The highest BCUT2D eigenvalue weighted by Gasteiger charge is 2.25. The third kappa shape index (κ3) is 5.14. The Morgan fingerprint density at radius 2 is 1.94 bits per heavy atom. The molecule has 1 aromatic heterocycles. The number of nitrogens with zero attached hydrogens (tertiary/aromatic N) is 2. The molecule has 1 saturated heterocycles. The molecule has 0 radical (unpaired) electrons. The molecule has 5 N–H and O–H groups in total. The molecule has 0 aliphatic carbocycles. The van der Waals surface area contributed by atoms with E-state index in [4.69, 9.17) is 11.1 Å². The maximum absolute atomic E-state index is 12.9. The van der Waals surface area contributed by atoms with Crippen molar-refractivity contribution < 1.29 is 4.79 Å². The Hall–Kier alpha value is -3.55. The highest BCUT2D eigenvalue weighted by atomic mass is 16.2. The third-order valence-electron chi connectivity index (χ3n) is 5.38. The fourth-order valence-electron chi connectivity index (χ4n) is 3.73. The summed E-state index contributed by atoms with van der Waals surface area (Å²) in [7, 11) is 0. The topological polar surface area (TPSA) is 107 Å². The first-order valence-electron chi connectivity index (χ1n) is 10.3. The van der Waals surface area contributed by atoms with Crippen molar-refractivity contribution in [2.75, 3.05) is 30.7 Å². The number of nitrogens with two attached hydrogens (primary N) is 1. The molecule has 2 aromatic carbocycles. The second-order valence-corrected chi connectivity index (χ2v) is 7.63. The molecule has 3 aromatic rings. The zero-order valence-electron chi connectivity index (χ0n) is 17.2. The van der Waals surface area contributed by atoms with Crippen LogP contribution in [-0.2, 0) is 11.3 Å². The number of carbonyl (C=O) groups excluding carboxylic acids is 1. The minimum atomic E-state index is -0.307. The van der Waals surface area contributed by atoms with E-state index in [0.29, 0.717) is 29.2 Å². The molecular weight excluding hydrogens is 388 g/mol. The van der Waals surface area contributed by atoms with E-state index in [0.717, 1.165) is 25.2 Å². The summed E-state index contributed by atoms with van der Waals surface area (Å²) in [6, 6.07) is 18.7. The van der Waals surface area contributed by atoms with E-state index in [1.807, 2.05) is 18.2 Å². The maximum atomic E-state index is 12.9. The van der Waals surface area contributed by atoms with Crippen molar-refractivity contribution in [1.29, 1.82) is 5.41 Å². The first kappa shape index (κ1) is 20.7. The average molecular weight is 415 g/mol. The SMILES string of the molecule is N=C(c1ccncc1)c1cc(NC(=O)[C@H]2CN(Cc3ccccc3)CCN2)ccc1N. The highest BCUT2D eigenvalue weighted by molar-refractivity contribution is 6.14. The van der Waals surface area contributed by atoms with Gasteiger partial charge in [0.2, 0.25) is 5.91 Å². The average Bonchev–Trinajstić information content (AvgIpc) is 2.81. The van der Waals surface area contributed by atoms with Crippen LogP contribution in [-0.4, -0.2) is 47.2 Å². The quantitative estimate of drug-likeness (QED) is 0.366. The molecule has 7 heteroatoms. The summed E-state index contributed by atoms with van der Waals surface area (Å²) < 4.78 is 0. The summed E-state index contributed by atoms with van der Waals surface area (Å²) in [5.41, 5.74) is 10.0. The zero-order valence-corrected chi connectivity index (χ0v) is 17.2. The number of hydrogen-bond donors (Lipinski definition) is 4. The van der Waals surface area contributed by atoms with Gasteiger partial charge in [-0.1, -0.05) is 30.3 Å². The molecule has 2 heterocycles. The monoisotopic (exact) mass is 414 g/mol. The molecule has 0 saturated carbocycles. The first-order chi connectivity index (χ1) is 15.1. The summed E-state index contributed by atoms with van der Waals surface area (Å²) in [5.74, 6) is -0.0936. The van der Waals surface area contributed by atoms with Gasteiger partial charge in [-0.3, -0.25) is 20.1 Å². The Labute approximate surface area is 181 Å². The van der Waals surface area contributed by atoms with Crippen molar-refractivity contribution in [3.63, 3.8) is 0 Å². The third-order valence-corrected chi connectivity index (χ3v) is 5.38. The molecular formula is C24H26N6O. The number of rotatable bonds is 6. The van der Waals surface area contributed by atoms with Crippen LogP contribution in [0.3, 0.4) is 0 Å². The van der Waals surface area contributed by atoms with Gasteiger partial charge in [-0.25, -0.2) is 0 Å². The molecule has 1 fully saturated rings. The van der Waals surface area contributed by atoms with Crippen LogP contribution in [0.25, 0.3) is 0 Å². The Morgan fingerprint density at radius 1 is 1.16 bits per heavy atom. The number of carbonyl (C=O) groups is 1. The molecule has 1 atom stereocenters. The number of amides is 1. The number of nitrogens with one attached hydrogen (secondary N) is 3. The summed E-state index contributed by atoms with van der Waals surface area (Å²) >= 11 is 0. The van der Waals surface area contributed by atoms with Crippen molar-refractivity contribution in [2.45, 2.75) is 12.6 Å². The lowest BCUT2D eigenvalue weighted by atomic mass is 10.0. The number of hydrogen-bond acceptors (Lipinski definition) is 6. The summed E-state index contributed by atoms with van der Waals surface area (Å²) in [6.07, 6.45) is 3.28. The predicted molar refractivity (Wildman–Crippen MR) is 123 cm³/mol. The van der Waals surface area contributed by atoms with Gasteiger partial charge in [-0.2, -0.15) is 0 Å². The van der Waals surface area contributed by atoms with E-state index in [1.54, 1.807) is 42.7 Å². The largest absolute Gasteiger partial charge is 0.398 e. The summed E-state index contributed by atoms with van der Waals surface area (Å²) in [4.78, 5) is 19.2. The Kier molecular flexibility index (Phi) is 6.35. The molecule has 0 spiro atoms. The van der Waals surface area contributed by atoms with Gasteiger partial charge in [-0.05, 0) is 35.9 Å². The maximum Gasteiger partial charge on any atom is 0.242 e. The lowest BCUT2D eigenvalue weighted by Gasteiger charge is -2.33. The molecule has 7 nitrogen and oxygen atoms in total. The summed E-state index contributed by atoms with van der Waals surface area (Å²) in [6.45, 7) is 3.11. The van der Waals surface area contributed by atoms with Crippen LogP contribution < -0.4 is 16.4 Å². The van der Waals surface area contributed by atoms with E-state index < -0.39 is 0 Å². The minimum Gasteiger partial charge on any atom is -0.398 e.